The SMILES string of the molecule is CC(C)(Oc1ccc(Br)cc1)C(=O)N1CCN(c2c(Cl)cccc2[N+](=O)[O-])CC1. The molecule has 1 fully saturated rings. The summed E-state index contributed by atoms with van der Waals surface area (Å²) in [6.07, 6.45) is 0. The number of benzene rings is 2. The zero-order valence-corrected chi connectivity index (χ0v) is 18.4. The van der Waals surface area contributed by atoms with E-state index in [9.17, 15) is 14.9 Å². The van der Waals surface area contributed by atoms with Crippen molar-refractivity contribution in [3.8, 4) is 5.75 Å². The van der Waals surface area contributed by atoms with E-state index < -0.39 is 10.5 Å². The third kappa shape index (κ3) is 4.82. The van der Waals surface area contributed by atoms with Crippen molar-refractivity contribution < 1.29 is 14.5 Å². The zero-order chi connectivity index (χ0) is 21.2. The number of hydrogen-bond donors (Lipinski definition) is 0. The van der Waals surface area contributed by atoms with Crippen LogP contribution in [0.4, 0.5) is 11.4 Å². The third-order valence-corrected chi connectivity index (χ3v) is 5.58. The van der Waals surface area contributed by atoms with Crippen LogP contribution >= 0.6 is 27.5 Å². The van der Waals surface area contributed by atoms with Crippen molar-refractivity contribution in [1.82, 2.24) is 4.90 Å². The van der Waals surface area contributed by atoms with Crippen molar-refractivity contribution in [3.63, 3.8) is 0 Å². The highest BCUT2D eigenvalue weighted by Gasteiger charge is 2.36. The molecule has 1 saturated heterocycles. The molecule has 0 aliphatic carbocycles. The fourth-order valence-corrected chi connectivity index (χ4v) is 3.87. The molecule has 0 atom stereocenters. The zero-order valence-electron chi connectivity index (χ0n) is 16.1. The molecule has 0 spiro atoms. The lowest BCUT2D eigenvalue weighted by atomic mass is 10.1. The summed E-state index contributed by atoms with van der Waals surface area (Å²) in [5, 5.41) is 11.7. The number of piperazine rings is 1. The van der Waals surface area contributed by atoms with Crippen LogP contribution in [0.25, 0.3) is 0 Å². The standard InChI is InChI=1S/C20H21BrClN3O4/c1-20(2,29-15-8-6-14(21)7-9-15)19(26)24-12-10-23(11-13-24)18-16(22)4-3-5-17(18)25(27)28/h3-9H,10-13H2,1-2H3. The van der Waals surface area contributed by atoms with Gasteiger partial charge in [0.2, 0.25) is 0 Å². The van der Waals surface area contributed by atoms with Gasteiger partial charge >= 0.3 is 0 Å². The smallest absolute Gasteiger partial charge is 0.294 e. The molecule has 1 aliphatic heterocycles. The number of amides is 1. The minimum Gasteiger partial charge on any atom is -0.478 e. The van der Waals surface area contributed by atoms with Crippen LogP contribution < -0.4 is 9.64 Å². The van der Waals surface area contributed by atoms with Gasteiger partial charge < -0.3 is 14.5 Å². The van der Waals surface area contributed by atoms with E-state index in [0.717, 1.165) is 4.47 Å². The van der Waals surface area contributed by atoms with Crippen LogP contribution in [-0.2, 0) is 4.79 Å². The van der Waals surface area contributed by atoms with Crippen LogP contribution in [0.1, 0.15) is 13.8 Å². The molecule has 2 aromatic carbocycles. The molecule has 1 amide bonds. The number of ether oxygens (including phenoxy) is 1. The summed E-state index contributed by atoms with van der Waals surface area (Å²) in [5.41, 5.74) is -0.667. The molecule has 1 aliphatic rings. The fourth-order valence-electron chi connectivity index (χ4n) is 3.32. The summed E-state index contributed by atoms with van der Waals surface area (Å²) in [5.74, 6) is 0.477. The second-order valence-corrected chi connectivity index (χ2v) is 8.53. The molecule has 1 heterocycles. The molecule has 154 valence electrons. The molecule has 0 bridgehead atoms. The second kappa shape index (κ2) is 8.59. The van der Waals surface area contributed by atoms with Crippen LogP contribution in [-0.4, -0.2) is 47.5 Å². The van der Waals surface area contributed by atoms with E-state index in [1.54, 1.807) is 43.0 Å². The summed E-state index contributed by atoms with van der Waals surface area (Å²) >= 11 is 9.60. The largest absolute Gasteiger partial charge is 0.478 e. The van der Waals surface area contributed by atoms with Gasteiger partial charge in [0.1, 0.15) is 11.4 Å². The third-order valence-electron chi connectivity index (χ3n) is 4.75. The molecule has 3 rings (SSSR count). The number of rotatable bonds is 5. The highest BCUT2D eigenvalue weighted by molar-refractivity contribution is 9.10. The Bertz CT molecular complexity index is 912. The molecule has 0 radical (unpaired) electrons. The van der Waals surface area contributed by atoms with Gasteiger partial charge in [-0.1, -0.05) is 33.6 Å². The minimum atomic E-state index is -1.04. The monoisotopic (exact) mass is 481 g/mol. The maximum absolute atomic E-state index is 13.0. The fraction of sp³-hybridized carbons (Fsp3) is 0.350. The second-order valence-electron chi connectivity index (χ2n) is 7.21. The van der Waals surface area contributed by atoms with Crippen LogP contribution in [0.5, 0.6) is 5.75 Å². The number of nitrogens with zero attached hydrogens (tertiary/aromatic N) is 3. The number of nitro benzene ring substituents is 1. The summed E-state index contributed by atoms with van der Waals surface area (Å²) in [6, 6.07) is 11.9. The van der Waals surface area contributed by atoms with E-state index in [2.05, 4.69) is 15.9 Å². The lowest BCUT2D eigenvalue weighted by molar-refractivity contribution is -0.384. The van der Waals surface area contributed by atoms with Crippen LogP contribution in [0, 0.1) is 10.1 Å². The summed E-state index contributed by atoms with van der Waals surface area (Å²) < 4.78 is 6.85. The van der Waals surface area contributed by atoms with E-state index in [-0.39, 0.29) is 11.6 Å². The Balaban J connectivity index is 1.68. The molecule has 0 aromatic heterocycles. The maximum atomic E-state index is 13.0. The van der Waals surface area contributed by atoms with Crippen LogP contribution in [0.2, 0.25) is 5.02 Å². The number of carbonyl (C=O) groups excluding carboxylic acids is 1. The number of hydrogen-bond acceptors (Lipinski definition) is 5. The van der Waals surface area contributed by atoms with Gasteiger partial charge in [-0.2, -0.15) is 0 Å². The van der Waals surface area contributed by atoms with Crippen molar-refractivity contribution in [2.24, 2.45) is 0 Å². The molecular weight excluding hydrogens is 462 g/mol. The number of para-hydroxylation sites is 1. The molecule has 7 nitrogen and oxygen atoms in total. The van der Waals surface area contributed by atoms with E-state index in [1.165, 1.54) is 6.07 Å². The predicted molar refractivity (Wildman–Crippen MR) is 116 cm³/mol. The average Bonchev–Trinajstić information content (AvgIpc) is 2.69. The first-order chi connectivity index (χ1) is 13.7. The van der Waals surface area contributed by atoms with E-state index in [1.807, 2.05) is 17.0 Å². The van der Waals surface area contributed by atoms with Crippen molar-refractivity contribution >= 4 is 44.8 Å². The normalized spacial score (nSPS) is 14.6. The molecule has 0 unspecified atom stereocenters. The van der Waals surface area contributed by atoms with E-state index in [0.29, 0.717) is 42.6 Å². The van der Waals surface area contributed by atoms with E-state index in [4.69, 9.17) is 16.3 Å². The van der Waals surface area contributed by atoms with Crippen molar-refractivity contribution in [2.75, 3.05) is 31.1 Å². The number of carbonyl (C=O) groups is 1. The molecule has 2 aromatic rings. The first-order valence-corrected chi connectivity index (χ1v) is 10.3. The Morgan fingerprint density at radius 2 is 1.76 bits per heavy atom. The quantitative estimate of drug-likeness (QED) is 0.463. The van der Waals surface area contributed by atoms with Gasteiger partial charge in [-0.05, 0) is 44.2 Å². The van der Waals surface area contributed by atoms with Crippen LogP contribution in [0.3, 0.4) is 0 Å². The number of nitro groups is 1. The van der Waals surface area contributed by atoms with Gasteiger partial charge in [0.05, 0.1) is 9.95 Å². The summed E-state index contributed by atoms with van der Waals surface area (Å²) in [6.45, 7) is 5.23. The lowest BCUT2D eigenvalue weighted by Crippen LogP contribution is -2.56. The van der Waals surface area contributed by atoms with Gasteiger partial charge in [0, 0.05) is 36.7 Å². The summed E-state index contributed by atoms with van der Waals surface area (Å²) in [7, 11) is 0. The van der Waals surface area contributed by atoms with Crippen molar-refractivity contribution in [1.29, 1.82) is 0 Å². The minimum absolute atomic E-state index is 0.0313. The first-order valence-electron chi connectivity index (χ1n) is 9.11. The van der Waals surface area contributed by atoms with Gasteiger partial charge in [0.25, 0.3) is 11.6 Å². The highest BCUT2D eigenvalue weighted by atomic mass is 79.9. The van der Waals surface area contributed by atoms with Crippen molar-refractivity contribution in [2.45, 2.75) is 19.4 Å². The molecule has 9 heteroatoms. The van der Waals surface area contributed by atoms with Gasteiger partial charge in [-0.3, -0.25) is 14.9 Å². The Kier molecular flexibility index (Phi) is 6.33. The van der Waals surface area contributed by atoms with Gasteiger partial charge in [-0.15, -0.1) is 0 Å². The number of halogens is 2. The molecule has 29 heavy (non-hydrogen) atoms. The Morgan fingerprint density at radius 3 is 2.34 bits per heavy atom. The Hall–Kier alpha value is -2.32. The van der Waals surface area contributed by atoms with Crippen molar-refractivity contribution in [3.05, 3.63) is 62.1 Å². The molecule has 0 N–H and O–H groups in total. The lowest BCUT2D eigenvalue weighted by Gasteiger charge is -2.39. The average molecular weight is 483 g/mol. The first kappa shape index (κ1) is 21.4. The van der Waals surface area contributed by atoms with E-state index >= 15 is 0 Å². The van der Waals surface area contributed by atoms with Crippen LogP contribution in [0.15, 0.2) is 46.9 Å². The maximum Gasteiger partial charge on any atom is 0.294 e. The number of anilines is 1. The topological polar surface area (TPSA) is 75.9 Å². The van der Waals surface area contributed by atoms with Gasteiger partial charge in [0.15, 0.2) is 5.60 Å². The predicted octanol–water partition coefficient (Wildman–Crippen LogP) is 4.52. The molecular formula is C20H21BrClN3O4. The molecule has 0 saturated carbocycles. The Morgan fingerprint density at radius 1 is 1.14 bits per heavy atom. The summed E-state index contributed by atoms with van der Waals surface area (Å²) in [4.78, 5) is 27.5. The Labute approximate surface area is 182 Å². The van der Waals surface area contributed by atoms with Gasteiger partial charge in [-0.25, -0.2) is 0 Å². The highest BCUT2D eigenvalue weighted by Crippen LogP contribution is 2.36.